The van der Waals surface area contributed by atoms with Crippen molar-refractivity contribution in [1.82, 2.24) is 10.3 Å². The highest BCUT2D eigenvalue weighted by Gasteiger charge is 2.27. The molecule has 7 nitrogen and oxygen atoms in total. The average molecular weight is 247 g/mol. The zero-order chi connectivity index (χ0) is 13.1. The van der Waals surface area contributed by atoms with Gasteiger partial charge in [-0.15, -0.1) is 0 Å². The molecule has 1 aromatic rings. The number of rotatable bonds is 2. The Morgan fingerprint density at radius 2 is 2.50 bits per heavy atom. The molecule has 1 fully saturated rings. The Labute approximate surface area is 104 Å². The molecule has 1 aromatic heterocycles. The lowest BCUT2D eigenvalue weighted by Crippen LogP contribution is -2.49. The third-order valence-corrected chi connectivity index (χ3v) is 2.88. The molecule has 1 N–H and O–H groups in total. The molecule has 1 saturated heterocycles. The summed E-state index contributed by atoms with van der Waals surface area (Å²) in [5, 5.41) is 23.3. The van der Waals surface area contributed by atoms with Gasteiger partial charge in [0.05, 0.1) is 4.92 Å². The first-order chi connectivity index (χ1) is 8.63. The van der Waals surface area contributed by atoms with Crippen LogP contribution in [0.1, 0.15) is 12.5 Å². The third-order valence-electron chi connectivity index (χ3n) is 2.88. The molecule has 1 aliphatic rings. The van der Waals surface area contributed by atoms with E-state index < -0.39 is 4.92 Å². The summed E-state index contributed by atoms with van der Waals surface area (Å²) in [6.45, 7) is 4.04. The maximum atomic E-state index is 11.1. The standard InChI is InChI=1S/C11H13N5O2/c1-8-7-15(5-4-13-8)11-10(16(17)18)9(6-12)2-3-14-11/h2-3,8,13H,4-5,7H2,1H3/t8-/m1/s1. The highest BCUT2D eigenvalue weighted by atomic mass is 16.6. The molecule has 0 saturated carbocycles. The van der Waals surface area contributed by atoms with Gasteiger partial charge in [0.1, 0.15) is 11.6 Å². The molecule has 0 aliphatic carbocycles. The molecule has 0 bridgehead atoms. The summed E-state index contributed by atoms with van der Waals surface area (Å²) in [7, 11) is 0. The minimum atomic E-state index is -0.534. The van der Waals surface area contributed by atoms with Crippen molar-refractivity contribution < 1.29 is 4.92 Å². The summed E-state index contributed by atoms with van der Waals surface area (Å²) < 4.78 is 0. The molecule has 0 aromatic carbocycles. The van der Waals surface area contributed by atoms with Crippen LogP contribution in [0.5, 0.6) is 0 Å². The molecule has 0 unspecified atom stereocenters. The van der Waals surface area contributed by atoms with Gasteiger partial charge in [-0.05, 0) is 13.0 Å². The molecule has 7 heteroatoms. The summed E-state index contributed by atoms with van der Waals surface area (Å²) >= 11 is 0. The third kappa shape index (κ3) is 2.24. The van der Waals surface area contributed by atoms with Crippen LogP contribution in [0.25, 0.3) is 0 Å². The first kappa shape index (κ1) is 12.3. The number of nitrogens with one attached hydrogen (secondary N) is 1. The minimum Gasteiger partial charge on any atom is -0.348 e. The molecule has 2 heterocycles. The Morgan fingerprint density at radius 1 is 1.72 bits per heavy atom. The van der Waals surface area contributed by atoms with Crippen molar-refractivity contribution in [2.75, 3.05) is 24.5 Å². The van der Waals surface area contributed by atoms with Crippen molar-refractivity contribution >= 4 is 11.5 Å². The summed E-state index contributed by atoms with van der Waals surface area (Å²) in [6.07, 6.45) is 1.44. The smallest absolute Gasteiger partial charge is 0.329 e. The molecule has 18 heavy (non-hydrogen) atoms. The number of nitro groups is 1. The molecule has 0 radical (unpaired) electrons. The topological polar surface area (TPSA) is 95.1 Å². The predicted molar refractivity (Wildman–Crippen MR) is 65.3 cm³/mol. The molecule has 1 aliphatic heterocycles. The first-order valence-electron chi connectivity index (χ1n) is 5.65. The van der Waals surface area contributed by atoms with Gasteiger partial charge in [0.2, 0.25) is 5.82 Å². The van der Waals surface area contributed by atoms with Crippen molar-refractivity contribution in [2.45, 2.75) is 13.0 Å². The van der Waals surface area contributed by atoms with Crippen LogP contribution in [0.3, 0.4) is 0 Å². The van der Waals surface area contributed by atoms with Crippen LogP contribution in [0, 0.1) is 21.4 Å². The van der Waals surface area contributed by atoms with E-state index in [0.717, 1.165) is 6.54 Å². The quantitative estimate of drug-likeness (QED) is 0.609. The Morgan fingerprint density at radius 3 is 3.11 bits per heavy atom. The van der Waals surface area contributed by atoms with Crippen molar-refractivity contribution in [3.8, 4) is 6.07 Å². The monoisotopic (exact) mass is 247 g/mol. The van der Waals surface area contributed by atoms with E-state index >= 15 is 0 Å². The number of piperazine rings is 1. The summed E-state index contributed by atoms with van der Waals surface area (Å²) in [5.74, 6) is 0.285. The molecule has 2 rings (SSSR count). The fourth-order valence-electron chi connectivity index (χ4n) is 2.07. The van der Waals surface area contributed by atoms with Crippen molar-refractivity contribution in [3.63, 3.8) is 0 Å². The average Bonchev–Trinajstić information content (AvgIpc) is 2.37. The normalized spacial score (nSPS) is 19.3. The van der Waals surface area contributed by atoms with E-state index in [2.05, 4.69) is 10.3 Å². The summed E-state index contributed by atoms with van der Waals surface area (Å²) in [4.78, 5) is 16.5. The van der Waals surface area contributed by atoms with E-state index in [1.165, 1.54) is 12.3 Å². The molecule has 0 amide bonds. The van der Waals surface area contributed by atoms with E-state index in [1.807, 2.05) is 17.9 Å². The van der Waals surface area contributed by atoms with Gasteiger partial charge in [0.25, 0.3) is 0 Å². The molecule has 1 atom stereocenters. The van der Waals surface area contributed by atoms with Gasteiger partial charge in [-0.25, -0.2) is 4.98 Å². The van der Waals surface area contributed by atoms with E-state index in [1.54, 1.807) is 0 Å². The highest BCUT2D eigenvalue weighted by molar-refractivity contribution is 5.65. The number of aromatic nitrogens is 1. The largest absolute Gasteiger partial charge is 0.348 e. The number of pyridine rings is 1. The van der Waals surface area contributed by atoms with Gasteiger partial charge in [-0.1, -0.05) is 0 Å². The van der Waals surface area contributed by atoms with Crippen LogP contribution in [0.4, 0.5) is 11.5 Å². The second-order valence-electron chi connectivity index (χ2n) is 4.20. The van der Waals surface area contributed by atoms with E-state index in [0.29, 0.717) is 13.1 Å². The predicted octanol–water partition coefficient (Wildman–Crippen LogP) is 0.660. The fourth-order valence-corrected chi connectivity index (χ4v) is 2.07. The molecular formula is C11H13N5O2. The number of anilines is 1. The zero-order valence-electron chi connectivity index (χ0n) is 9.96. The van der Waals surface area contributed by atoms with Gasteiger partial charge in [-0.2, -0.15) is 5.26 Å². The van der Waals surface area contributed by atoms with Gasteiger partial charge in [0.15, 0.2) is 0 Å². The maximum Gasteiger partial charge on any atom is 0.329 e. The van der Waals surface area contributed by atoms with Gasteiger partial charge < -0.3 is 10.2 Å². The number of hydrogen-bond donors (Lipinski definition) is 1. The van der Waals surface area contributed by atoms with Gasteiger partial charge >= 0.3 is 5.69 Å². The lowest BCUT2D eigenvalue weighted by atomic mass is 10.2. The van der Waals surface area contributed by atoms with Crippen LogP contribution in [0.2, 0.25) is 0 Å². The molecular weight excluding hydrogens is 234 g/mol. The van der Waals surface area contributed by atoms with Crippen LogP contribution in [-0.2, 0) is 0 Å². The second kappa shape index (κ2) is 4.98. The number of nitriles is 1. The Kier molecular flexibility index (Phi) is 3.39. The molecule has 0 spiro atoms. The second-order valence-corrected chi connectivity index (χ2v) is 4.20. The van der Waals surface area contributed by atoms with Crippen LogP contribution < -0.4 is 10.2 Å². The number of hydrogen-bond acceptors (Lipinski definition) is 6. The van der Waals surface area contributed by atoms with Crippen molar-refractivity contribution in [3.05, 3.63) is 27.9 Å². The van der Waals surface area contributed by atoms with Crippen LogP contribution >= 0.6 is 0 Å². The Hall–Kier alpha value is -2.20. The maximum absolute atomic E-state index is 11.1. The molecule has 94 valence electrons. The van der Waals surface area contributed by atoms with Crippen molar-refractivity contribution in [1.29, 1.82) is 5.26 Å². The van der Waals surface area contributed by atoms with Crippen molar-refractivity contribution in [2.24, 2.45) is 0 Å². The highest BCUT2D eigenvalue weighted by Crippen LogP contribution is 2.29. The summed E-state index contributed by atoms with van der Waals surface area (Å²) in [6, 6.07) is 3.45. The Bertz CT molecular complexity index is 511. The zero-order valence-corrected chi connectivity index (χ0v) is 9.96. The number of nitrogens with zero attached hydrogens (tertiary/aromatic N) is 4. The fraction of sp³-hybridized carbons (Fsp3) is 0.455. The summed E-state index contributed by atoms with van der Waals surface area (Å²) in [5.41, 5.74) is -0.148. The van der Waals surface area contributed by atoms with Gasteiger partial charge in [-0.3, -0.25) is 10.1 Å². The lowest BCUT2D eigenvalue weighted by molar-refractivity contribution is -0.384. The lowest BCUT2D eigenvalue weighted by Gasteiger charge is -2.32. The van der Waals surface area contributed by atoms with Gasteiger partial charge in [0, 0.05) is 31.9 Å². The van der Waals surface area contributed by atoms with E-state index in [-0.39, 0.29) is 23.1 Å². The van der Waals surface area contributed by atoms with Crippen LogP contribution in [0.15, 0.2) is 12.3 Å². The SMILES string of the molecule is C[C@@H]1CN(c2nccc(C#N)c2[N+](=O)[O-])CCN1. The first-order valence-corrected chi connectivity index (χ1v) is 5.65. The van der Waals surface area contributed by atoms with E-state index in [4.69, 9.17) is 5.26 Å². The van der Waals surface area contributed by atoms with Crippen LogP contribution in [-0.4, -0.2) is 35.6 Å². The van der Waals surface area contributed by atoms with E-state index in [9.17, 15) is 10.1 Å². The minimum absolute atomic E-state index is 0.0520. The Balaban J connectivity index is 2.44.